The first-order chi connectivity index (χ1) is 10.7. The molecule has 108 valence electrons. The minimum Gasteiger partial charge on any atom is -0.384 e. The third-order valence-corrected chi connectivity index (χ3v) is 3.12. The molecule has 3 rings (SSSR count). The van der Waals surface area contributed by atoms with Crippen LogP contribution in [0.1, 0.15) is 0 Å². The zero-order valence-electron chi connectivity index (χ0n) is 11.4. The molecule has 0 fully saturated rings. The van der Waals surface area contributed by atoms with Crippen molar-refractivity contribution in [3.05, 3.63) is 65.1 Å². The summed E-state index contributed by atoms with van der Waals surface area (Å²) in [4.78, 5) is 22.7. The molecule has 3 heterocycles. The van der Waals surface area contributed by atoms with E-state index in [0.717, 1.165) is 11.1 Å². The highest BCUT2D eigenvalue weighted by Crippen LogP contribution is 2.34. The average molecular weight is 293 g/mol. The van der Waals surface area contributed by atoms with Crippen LogP contribution >= 0.6 is 0 Å². The summed E-state index contributed by atoms with van der Waals surface area (Å²) < 4.78 is 0. The zero-order chi connectivity index (χ0) is 15.5. The number of nitro groups is 1. The van der Waals surface area contributed by atoms with E-state index in [1.165, 1.54) is 6.20 Å². The molecule has 0 aliphatic heterocycles. The van der Waals surface area contributed by atoms with Crippen LogP contribution in [-0.2, 0) is 0 Å². The predicted octanol–water partition coefficient (Wildman–Crippen LogP) is 2.70. The van der Waals surface area contributed by atoms with Crippen LogP contribution in [0.25, 0.3) is 22.4 Å². The van der Waals surface area contributed by atoms with Crippen molar-refractivity contribution in [2.75, 3.05) is 5.73 Å². The zero-order valence-corrected chi connectivity index (χ0v) is 11.4. The van der Waals surface area contributed by atoms with Crippen molar-refractivity contribution in [1.82, 2.24) is 15.0 Å². The Kier molecular flexibility index (Phi) is 3.45. The van der Waals surface area contributed by atoms with Crippen LogP contribution in [0.3, 0.4) is 0 Å². The number of pyridine rings is 3. The van der Waals surface area contributed by atoms with Gasteiger partial charge in [0.2, 0.25) is 0 Å². The van der Waals surface area contributed by atoms with Crippen LogP contribution in [0, 0.1) is 10.1 Å². The molecule has 0 unspecified atom stereocenters. The highest BCUT2D eigenvalue weighted by molar-refractivity contribution is 5.84. The van der Waals surface area contributed by atoms with Crippen molar-refractivity contribution in [3.8, 4) is 22.4 Å². The monoisotopic (exact) mass is 293 g/mol. The fourth-order valence-corrected chi connectivity index (χ4v) is 2.17. The van der Waals surface area contributed by atoms with E-state index in [1.807, 2.05) is 0 Å². The quantitative estimate of drug-likeness (QED) is 0.587. The van der Waals surface area contributed by atoms with E-state index >= 15 is 0 Å². The molecule has 3 aromatic rings. The van der Waals surface area contributed by atoms with E-state index in [1.54, 1.807) is 48.8 Å². The number of anilines is 1. The lowest BCUT2D eigenvalue weighted by atomic mass is 10.0. The molecule has 0 aliphatic rings. The van der Waals surface area contributed by atoms with Gasteiger partial charge in [0.1, 0.15) is 12.0 Å². The summed E-state index contributed by atoms with van der Waals surface area (Å²) in [6, 6.07) is 10.3. The summed E-state index contributed by atoms with van der Waals surface area (Å²) in [6.07, 6.45) is 4.67. The SMILES string of the molecule is Nc1ccc(-c2ccncc2)c(-c2cccnc2[N+](=O)[O-])n1. The second-order valence-electron chi connectivity index (χ2n) is 4.50. The van der Waals surface area contributed by atoms with Gasteiger partial charge in [0.05, 0.1) is 11.3 Å². The number of aromatic nitrogens is 3. The molecule has 3 aromatic heterocycles. The second-order valence-corrected chi connectivity index (χ2v) is 4.50. The summed E-state index contributed by atoms with van der Waals surface area (Å²) in [5, 5.41) is 11.2. The molecule has 0 atom stereocenters. The normalized spacial score (nSPS) is 10.4. The Bertz CT molecular complexity index is 836. The maximum Gasteiger partial charge on any atom is 0.372 e. The standard InChI is InChI=1S/C15H11N5O2/c16-13-4-3-11(10-5-8-17-9-6-10)14(19-13)12-2-1-7-18-15(12)20(21)22/h1-9H,(H2,16,19). The Hall–Kier alpha value is -3.35. The van der Waals surface area contributed by atoms with Gasteiger partial charge in [-0.1, -0.05) is 0 Å². The van der Waals surface area contributed by atoms with Gasteiger partial charge < -0.3 is 15.8 Å². The number of nitrogen functional groups attached to an aromatic ring is 1. The van der Waals surface area contributed by atoms with Crippen LogP contribution in [0.4, 0.5) is 11.6 Å². The molecule has 0 aliphatic carbocycles. The molecule has 0 bridgehead atoms. The number of hydrogen-bond donors (Lipinski definition) is 1. The Morgan fingerprint density at radius 3 is 2.50 bits per heavy atom. The van der Waals surface area contributed by atoms with Crippen LogP contribution in [0.15, 0.2) is 55.0 Å². The van der Waals surface area contributed by atoms with Crippen molar-refractivity contribution < 1.29 is 4.92 Å². The Morgan fingerprint density at radius 2 is 1.77 bits per heavy atom. The third-order valence-electron chi connectivity index (χ3n) is 3.12. The Morgan fingerprint density at radius 1 is 1.00 bits per heavy atom. The minimum absolute atomic E-state index is 0.254. The third kappa shape index (κ3) is 2.47. The summed E-state index contributed by atoms with van der Waals surface area (Å²) >= 11 is 0. The van der Waals surface area contributed by atoms with Crippen molar-refractivity contribution in [2.45, 2.75) is 0 Å². The summed E-state index contributed by atoms with van der Waals surface area (Å²) in [5.74, 6) is 0.0295. The van der Waals surface area contributed by atoms with Gasteiger partial charge in [-0.05, 0) is 51.9 Å². The highest BCUT2D eigenvalue weighted by atomic mass is 16.6. The average Bonchev–Trinajstić information content (AvgIpc) is 2.55. The van der Waals surface area contributed by atoms with Crippen LogP contribution in [0.2, 0.25) is 0 Å². The molecular formula is C15H11N5O2. The maximum absolute atomic E-state index is 11.2. The van der Waals surface area contributed by atoms with Gasteiger partial charge in [-0.25, -0.2) is 4.98 Å². The molecular weight excluding hydrogens is 282 g/mol. The molecule has 2 N–H and O–H groups in total. The van der Waals surface area contributed by atoms with E-state index in [4.69, 9.17) is 5.73 Å². The molecule has 7 nitrogen and oxygen atoms in total. The van der Waals surface area contributed by atoms with Crippen molar-refractivity contribution in [2.24, 2.45) is 0 Å². The lowest BCUT2D eigenvalue weighted by Crippen LogP contribution is -2.00. The van der Waals surface area contributed by atoms with E-state index in [9.17, 15) is 10.1 Å². The fourth-order valence-electron chi connectivity index (χ4n) is 2.17. The number of hydrogen-bond acceptors (Lipinski definition) is 6. The first-order valence-corrected chi connectivity index (χ1v) is 6.43. The lowest BCUT2D eigenvalue weighted by Gasteiger charge is -2.10. The smallest absolute Gasteiger partial charge is 0.372 e. The van der Waals surface area contributed by atoms with Crippen molar-refractivity contribution >= 4 is 11.6 Å². The van der Waals surface area contributed by atoms with Crippen LogP contribution < -0.4 is 5.73 Å². The Labute approximate surface area is 125 Å². The molecule has 0 saturated carbocycles. The van der Waals surface area contributed by atoms with Gasteiger partial charge in [0, 0.05) is 18.0 Å². The largest absolute Gasteiger partial charge is 0.384 e. The Balaban J connectivity index is 2.28. The predicted molar refractivity (Wildman–Crippen MR) is 81.8 cm³/mol. The molecule has 0 aromatic carbocycles. The van der Waals surface area contributed by atoms with E-state index < -0.39 is 4.92 Å². The second kappa shape index (κ2) is 5.57. The topological polar surface area (TPSA) is 108 Å². The molecule has 0 radical (unpaired) electrons. The van der Waals surface area contributed by atoms with Gasteiger partial charge in [0.25, 0.3) is 0 Å². The summed E-state index contributed by atoms with van der Waals surface area (Å²) in [5.41, 5.74) is 8.08. The van der Waals surface area contributed by atoms with Crippen molar-refractivity contribution in [1.29, 1.82) is 0 Å². The summed E-state index contributed by atoms with van der Waals surface area (Å²) in [7, 11) is 0. The minimum atomic E-state index is -0.531. The number of nitrogens with two attached hydrogens (primary N) is 1. The first kappa shape index (κ1) is 13.6. The van der Waals surface area contributed by atoms with Gasteiger partial charge in [-0.2, -0.15) is 0 Å². The van der Waals surface area contributed by atoms with Gasteiger partial charge in [-0.15, -0.1) is 0 Å². The lowest BCUT2D eigenvalue weighted by molar-refractivity contribution is -0.388. The number of nitrogens with zero attached hydrogens (tertiary/aromatic N) is 4. The first-order valence-electron chi connectivity index (χ1n) is 6.43. The summed E-state index contributed by atoms with van der Waals surface area (Å²) in [6.45, 7) is 0. The molecule has 0 amide bonds. The molecule has 7 heteroatoms. The molecule has 0 spiro atoms. The van der Waals surface area contributed by atoms with E-state index in [-0.39, 0.29) is 11.6 Å². The van der Waals surface area contributed by atoms with E-state index in [0.29, 0.717) is 11.3 Å². The van der Waals surface area contributed by atoms with Gasteiger partial charge >= 0.3 is 5.82 Å². The number of rotatable bonds is 3. The van der Waals surface area contributed by atoms with Crippen molar-refractivity contribution in [3.63, 3.8) is 0 Å². The molecule has 22 heavy (non-hydrogen) atoms. The van der Waals surface area contributed by atoms with Gasteiger partial charge in [-0.3, -0.25) is 4.98 Å². The van der Waals surface area contributed by atoms with Crippen LogP contribution in [0.5, 0.6) is 0 Å². The van der Waals surface area contributed by atoms with Gasteiger partial charge in [0.15, 0.2) is 0 Å². The highest BCUT2D eigenvalue weighted by Gasteiger charge is 2.20. The maximum atomic E-state index is 11.2. The van der Waals surface area contributed by atoms with Crippen LogP contribution in [-0.4, -0.2) is 19.9 Å². The fraction of sp³-hybridized carbons (Fsp3) is 0. The molecule has 0 saturated heterocycles. The van der Waals surface area contributed by atoms with E-state index in [2.05, 4.69) is 15.0 Å².